The number of rotatable bonds is 7. The zero-order valence-electron chi connectivity index (χ0n) is 24.0. The van der Waals surface area contributed by atoms with Gasteiger partial charge >= 0.3 is 5.97 Å². The smallest absolute Gasteiger partial charge is 0.312 e. The molecule has 7 rings (SSSR count). The molecule has 0 saturated carbocycles. The maximum atomic E-state index is 14.4. The largest absolute Gasteiger partial charge is 0.497 e. The van der Waals surface area contributed by atoms with Crippen molar-refractivity contribution in [1.82, 2.24) is 4.90 Å². The lowest BCUT2D eigenvalue weighted by Crippen LogP contribution is -2.72. The van der Waals surface area contributed by atoms with Crippen LogP contribution < -0.4 is 14.4 Å². The van der Waals surface area contributed by atoms with Gasteiger partial charge in [0.05, 0.1) is 25.7 Å². The number of para-hydroxylation sites is 1. The Balaban J connectivity index is 1.39. The van der Waals surface area contributed by atoms with Crippen LogP contribution in [0.25, 0.3) is 0 Å². The maximum Gasteiger partial charge on any atom is 0.312 e. The SMILES string of the molecule is CCOC(=O)[C@@H]1[C@@H]([C@@H]2[C@H](Oc3ccccc3)C(=O)N2c2ccc(OC)cc2)[C@@H]2CCCN2C12C(=O)c1ccccc1C2=O. The lowest BCUT2D eigenvalue weighted by atomic mass is 9.68. The quantitative estimate of drug-likeness (QED) is 0.235. The van der Waals surface area contributed by atoms with Crippen molar-refractivity contribution in [3.8, 4) is 11.5 Å². The summed E-state index contributed by atoms with van der Waals surface area (Å²) in [6.07, 6.45) is 0.485. The second-order valence-corrected chi connectivity index (χ2v) is 11.4. The van der Waals surface area contributed by atoms with Gasteiger partial charge in [0.25, 0.3) is 5.91 Å². The van der Waals surface area contributed by atoms with E-state index in [9.17, 15) is 19.2 Å². The van der Waals surface area contributed by atoms with Gasteiger partial charge < -0.3 is 19.1 Å². The first kappa shape index (κ1) is 27.3. The Morgan fingerprint density at radius 3 is 2.16 bits per heavy atom. The van der Waals surface area contributed by atoms with Crippen LogP contribution in [-0.2, 0) is 14.3 Å². The fraction of sp³-hybridized carbons (Fsp3) is 0.353. The standard InChI is InChI=1S/C34H32N2O7/c1-3-42-33(40)27-26(25-14-9-19-35(25)34(27)30(37)23-12-7-8-13-24(23)31(34)38)28-29(43-22-10-5-4-6-11-22)32(39)36(28)20-15-17-21(41-2)18-16-20/h4-8,10-13,15-18,25-29H,3,9,14,19H2,1-2H3/t25-,26-,27-,28+,29-/m0/s1. The van der Waals surface area contributed by atoms with E-state index in [1.165, 1.54) is 0 Å². The minimum atomic E-state index is -1.73. The van der Waals surface area contributed by atoms with Crippen LogP contribution in [-0.4, -0.2) is 72.3 Å². The summed E-state index contributed by atoms with van der Waals surface area (Å²) in [5.41, 5.74) is -0.476. The predicted octanol–water partition coefficient (Wildman–Crippen LogP) is 3.95. The van der Waals surface area contributed by atoms with Crippen LogP contribution >= 0.6 is 0 Å². The van der Waals surface area contributed by atoms with Crippen molar-refractivity contribution in [2.45, 2.75) is 43.5 Å². The van der Waals surface area contributed by atoms with Crippen molar-refractivity contribution >= 4 is 29.1 Å². The fourth-order valence-corrected chi connectivity index (χ4v) is 7.90. The van der Waals surface area contributed by atoms with Gasteiger partial charge in [0, 0.05) is 28.8 Å². The Hall–Kier alpha value is -4.50. The zero-order valence-corrected chi connectivity index (χ0v) is 24.0. The molecule has 0 aromatic heterocycles. The van der Waals surface area contributed by atoms with Gasteiger partial charge in [-0.15, -0.1) is 0 Å². The zero-order chi connectivity index (χ0) is 29.9. The number of Topliss-reactive ketones (excluding diaryl/α,β-unsaturated/α-hetero) is 2. The summed E-state index contributed by atoms with van der Waals surface area (Å²) >= 11 is 0. The molecule has 1 spiro atoms. The molecule has 3 saturated heterocycles. The number of hydrogen-bond acceptors (Lipinski definition) is 8. The minimum Gasteiger partial charge on any atom is -0.497 e. The minimum absolute atomic E-state index is 0.0911. The van der Waals surface area contributed by atoms with Crippen molar-refractivity contribution in [3.05, 3.63) is 90.0 Å². The van der Waals surface area contributed by atoms with E-state index < -0.39 is 35.5 Å². The normalized spacial score (nSPS) is 27.2. The number of esters is 1. The third-order valence-electron chi connectivity index (χ3n) is 9.52. The van der Waals surface area contributed by atoms with Crippen molar-refractivity contribution in [2.75, 3.05) is 25.2 Å². The van der Waals surface area contributed by atoms with Crippen LogP contribution in [0.2, 0.25) is 0 Å². The molecular weight excluding hydrogens is 548 g/mol. The van der Waals surface area contributed by atoms with Crippen LogP contribution in [0.1, 0.15) is 40.5 Å². The van der Waals surface area contributed by atoms with E-state index in [2.05, 4.69) is 0 Å². The van der Waals surface area contributed by atoms with Gasteiger partial charge in [0.2, 0.25) is 0 Å². The molecule has 0 N–H and O–H groups in total. The molecule has 0 bridgehead atoms. The third-order valence-corrected chi connectivity index (χ3v) is 9.52. The number of benzene rings is 3. The fourth-order valence-electron chi connectivity index (χ4n) is 7.90. The first-order chi connectivity index (χ1) is 20.9. The number of hydrogen-bond donors (Lipinski definition) is 0. The van der Waals surface area contributed by atoms with Gasteiger partial charge in [-0.1, -0.05) is 42.5 Å². The van der Waals surface area contributed by atoms with E-state index in [0.717, 1.165) is 6.42 Å². The number of methoxy groups -OCH3 is 1. The van der Waals surface area contributed by atoms with Crippen LogP contribution in [0.4, 0.5) is 5.69 Å². The highest BCUT2D eigenvalue weighted by Crippen LogP contribution is 2.57. The van der Waals surface area contributed by atoms with Crippen molar-refractivity contribution in [1.29, 1.82) is 0 Å². The summed E-state index contributed by atoms with van der Waals surface area (Å²) in [7, 11) is 1.57. The van der Waals surface area contributed by atoms with Crippen LogP contribution in [0, 0.1) is 11.8 Å². The number of carbonyl (C=O) groups is 4. The monoisotopic (exact) mass is 580 g/mol. The summed E-state index contributed by atoms with van der Waals surface area (Å²) in [6.45, 7) is 2.28. The Labute approximate surface area is 249 Å². The molecule has 9 heteroatoms. The third kappa shape index (κ3) is 3.80. The van der Waals surface area contributed by atoms with Gasteiger partial charge in [-0.2, -0.15) is 0 Å². The maximum absolute atomic E-state index is 14.4. The van der Waals surface area contributed by atoms with E-state index in [1.54, 1.807) is 79.6 Å². The molecular formula is C34H32N2O7. The van der Waals surface area contributed by atoms with E-state index in [1.807, 2.05) is 23.1 Å². The lowest BCUT2D eigenvalue weighted by molar-refractivity contribution is -0.154. The molecule has 0 unspecified atom stereocenters. The highest BCUT2D eigenvalue weighted by atomic mass is 16.5. The highest BCUT2D eigenvalue weighted by molar-refractivity contribution is 6.34. The average molecular weight is 581 g/mol. The number of anilines is 1. The average Bonchev–Trinajstić information content (AvgIpc) is 3.68. The number of fused-ring (bicyclic) bond motifs is 3. The molecule has 3 heterocycles. The lowest BCUT2D eigenvalue weighted by Gasteiger charge is -2.51. The van der Waals surface area contributed by atoms with Crippen molar-refractivity contribution in [2.24, 2.45) is 11.8 Å². The Bertz CT molecular complexity index is 1570. The molecule has 3 aliphatic heterocycles. The second kappa shape index (κ2) is 10.3. The number of β-lactam (4-membered cyclic amide) rings is 1. The molecule has 1 aliphatic carbocycles. The van der Waals surface area contributed by atoms with Gasteiger partial charge in [-0.05, 0) is 62.7 Å². The summed E-state index contributed by atoms with van der Waals surface area (Å²) in [5, 5.41) is 0. The molecule has 1 amide bonds. The Morgan fingerprint density at radius 1 is 0.884 bits per heavy atom. The Kier molecular flexibility index (Phi) is 6.58. The first-order valence-corrected chi connectivity index (χ1v) is 14.7. The molecule has 220 valence electrons. The second-order valence-electron chi connectivity index (χ2n) is 11.4. The Morgan fingerprint density at radius 2 is 1.53 bits per heavy atom. The summed E-state index contributed by atoms with van der Waals surface area (Å²) in [6, 6.07) is 22.0. The molecule has 9 nitrogen and oxygen atoms in total. The predicted molar refractivity (Wildman–Crippen MR) is 156 cm³/mol. The number of ketones is 2. The molecule has 4 aliphatic rings. The van der Waals surface area contributed by atoms with E-state index >= 15 is 0 Å². The van der Waals surface area contributed by atoms with Gasteiger partial charge in [-0.3, -0.25) is 24.1 Å². The van der Waals surface area contributed by atoms with Gasteiger partial charge in [-0.25, -0.2) is 0 Å². The van der Waals surface area contributed by atoms with Crippen molar-refractivity contribution < 1.29 is 33.4 Å². The van der Waals surface area contributed by atoms with Crippen LogP contribution in [0.15, 0.2) is 78.9 Å². The molecule has 3 aromatic rings. The first-order valence-electron chi connectivity index (χ1n) is 14.7. The van der Waals surface area contributed by atoms with Gasteiger partial charge in [0.1, 0.15) is 11.5 Å². The van der Waals surface area contributed by atoms with E-state index in [-0.39, 0.29) is 30.1 Å². The molecule has 3 fully saturated rings. The van der Waals surface area contributed by atoms with Crippen molar-refractivity contribution in [3.63, 3.8) is 0 Å². The summed E-state index contributed by atoms with van der Waals surface area (Å²) < 4.78 is 17.3. The molecule has 5 atom stereocenters. The molecule has 0 radical (unpaired) electrons. The molecule has 43 heavy (non-hydrogen) atoms. The molecule has 3 aromatic carbocycles. The van der Waals surface area contributed by atoms with Gasteiger partial charge in [0.15, 0.2) is 23.2 Å². The number of amides is 1. The topological polar surface area (TPSA) is 102 Å². The summed E-state index contributed by atoms with van der Waals surface area (Å²) in [4.78, 5) is 60.5. The van der Waals surface area contributed by atoms with Crippen LogP contribution in [0.3, 0.4) is 0 Å². The number of nitrogens with zero attached hydrogens (tertiary/aromatic N) is 2. The number of carbonyl (C=O) groups excluding carboxylic acids is 4. The van der Waals surface area contributed by atoms with Crippen LogP contribution in [0.5, 0.6) is 11.5 Å². The summed E-state index contributed by atoms with van der Waals surface area (Å²) in [5.74, 6) is -2.21. The van der Waals surface area contributed by atoms with E-state index in [0.29, 0.717) is 41.3 Å². The highest BCUT2D eigenvalue weighted by Gasteiger charge is 2.76. The number of ether oxygens (including phenoxy) is 3. The van der Waals surface area contributed by atoms with E-state index in [4.69, 9.17) is 14.2 Å².